The number of likely N-dealkylation sites (tertiary alicyclic amines) is 1. The van der Waals surface area contributed by atoms with Crippen LogP contribution >= 0.6 is 0 Å². The lowest BCUT2D eigenvalue weighted by Gasteiger charge is -2.37. The van der Waals surface area contributed by atoms with E-state index in [9.17, 15) is 37.6 Å². The average Bonchev–Trinajstić information content (AvgIpc) is 3.18. The molecule has 0 radical (unpaired) electrons. The van der Waals surface area contributed by atoms with Crippen LogP contribution in [0.4, 0.5) is 13.2 Å². The molecular weight excluding hydrogens is 467 g/mol. The Balaban J connectivity index is 2.11. The van der Waals surface area contributed by atoms with Crippen LogP contribution in [-0.4, -0.2) is 65.9 Å². The number of fused-ring (bicyclic) bond motifs is 1. The van der Waals surface area contributed by atoms with Gasteiger partial charge in [-0.2, -0.15) is 18.4 Å². The van der Waals surface area contributed by atoms with Crippen LogP contribution in [-0.2, 0) is 19.2 Å². The van der Waals surface area contributed by atoms with E-state index in [0.717, 1.165) is 5.32 Å². The van der Waals surface area contributed by atoms with E-state index < -0.39 is 97.7 Å². The lowest BCUT2D eigenvalue weighted by atomic mass is 9.85. The summed E-state index contributed by atoms with van der Waals surface area (Å²) in [5, 5.41) is 15.7. The molecule has 6 atom stereocenters. The van der Waals surface area contributed by atoms with Gasteiger partial charge in [0.15, 0.2) is 0 Å². The number of nitrogens with one attached hydrogen (secondary N) is 3. The molecule has 9 nitrogen and oxygen atoms in total. The van der Waals surface area contributed by atoms with E-state index in [2.05, 4.69) is 10.6 Å². The van der Waals surface area contributed by atoms with Crippen LogP contribution in [0.25, 0.3) is 0 Å². The summed E-state index contributed by atoms with van der Waals surface area (Å²) < 4.78 is 111. The van der Waals surface area contributed by atoms with Crippen LogP contribution in [0.1, 0.15) is 59.6 Å². The molecule has 2 saturated heterocycles. The molecule has 35 heavy (non-hydrogen) atoms. The second-order valence-electron chi connectivity index (χ2n) is 9.80. The first kappa shape index (κ1) is 16.8. The molecule has 3 rings (SSSR count). The highest BCUT2D eigenvalue weighted by Crippen LogP contribution is 2.65. The van der Waals surface area contributed by atoms with E-state index in [1.165, 1.54) is 0 Å². The molecule has 0 unspecified atom stereocenters. The molecule has 0 aromatic rings. The fourth-order valence-corrected chi connectivity index (χ4v) is 5.10. The maximum Gasteiger partial charge on any atom is 0.471 e. The van der Waals surface area contributed by atoms with E-state index in [1.807, 2.05) is 6.07 Å². The molecule has 3 fully saturated rings. The number of halogens is 3. The molecule has 2 heterocycles. The Morgan fingerprint density at radius 2 is 1.94 bits per heavy atom. The fraction of sp³-hybridized carbons (Fsp3) is 0.783. The Hall–Kier alpha value is -2.84. The van der Waals surface area contributed by atoms with E-state index in [1.54, 1.807) is 13.8 Å². The van der Waals surface area contributed by atoms with Crippen molar-refractivity contribution in [2.45, 2.75) is 71.5 Å². The minimum Gasteiger partial charge on any atom is -0.356 e. The van der Waals surface area contributed by atoms with Gasteiger partial charge >= 0.3 is 12.1 Å². The normalized spacial score (nSPS) is 33.8. The average molecular weight is 509 g/mol. The highest BCUT2D eigenvalue weighted by atomic mass is 19.4. The van der Waals surface area contributed by atoms with Gasteiger partial charge in [-0.1, -0.05) is 34.4 Å². The third-order valence-corrected chi connectivity index (χ3v) is 7.13. The second kappa shape index (κ2) is 8.99. The highest BCUT2D eigenvalue weighted by Gasteiger charge is 2.70. The lowest BCUT2D eigenvalue weighted by Crippen LogP contribution is -2.61. The largest absolute Gasteiger partial charge is 0.471 e. The molecule has 0 spiro atoms. The molecule has 4 amide bonds. The molecule has 0 aromatic heterocycles. The third kappa shape index (κ3) is 5.23. The standard InChI is InChI=1S/C23H32F3N5O4/c1-21(2,3)16(30-20(35)23(24,25)26)19(34)31-10-13-14(22(13,4)5)15(31)18(33)29-12(9-27)8-11-6-7-28-17(11)32/h11-16H,6-8,10H2,1-5H3,(H,28,32)(H,29,33)(H,30,35)/t11-,12-,13-,14-,15-,16+/m0/s1/i1D3,2D3,3D3. The van der Waals surface area contributed by atoms with Crippen molar-refractivity contribution < 1.29 is 44.7 Å². The zero-order chi connectivity index (χ0) is 34.0. The number of hydrogen-bond acceptors (Lipinski definition) is 5. The van der Waals surface area contributed by atoms with Crippen molar-refractivity contribution in [1.29, 1.82) is 5.26 Å². The van der Waals surface area contributed by atoms with Crippen LogP contribution in [0.2, 0.25) is 0 Å². The Kier molecular flexibility index (Phi) is 4.30. The predicted octanol–water partition coefficient (Wildman–Crippen LogP) is 1.10. The van der Waals surface area contributed by atoms with Gasteiger partial charge in [0, 0.05) is 31.3 Å². The van der Waals surface area contributed by atoms with Crippen LogP contribution < -0.4 is 16.0 Å². The Bertz CT molecular complexity index is 1210. The van der Waals surface area contributed by atoms with Crippen molar-refractivity contribution in [3.05, 3.63) is 0 Å². The van der Waals surface area contributed by atoms with Gasteiger partial charge in [-0.3, -0.25) is 19.2 Å². The zero-order valence-electron chi connectivity index (χ0n) is 28.0. The SMILES string of the molecule is [2H]C([2H])([2H])C([C@H](NC(=O)C(F)(F)F)C(=O)N1C[C@H]2[C@@H]([C@H]1C(=O)N[C@H](C#N)C[C@@H]1CCNC1=O)C2(C)C)(C([2H])([2H])[2H])C([2H])([2H])[2H]. The zero-order valence-corrected chi connectivity index (χ0v) is 19.0. The fourth-order valence-electron chi connectivity index (χ4n) is 5.10. The van der Waals surface area contributed by atoms with Crippen molar-refractivity contribution in [3.63, 3.8) is 0 Å². The predicted molar refractivity (Wildman–Crippen MR) is 117 cm³/mol. The van der Waals surface area contributed by atoms with Crippen molar-refractivity contribution >= 4 is 23.6 Å². The number of rotatable bonds is 6. The van der Waals surface area contributed by atoms with E-state index in [-0.39, 0.29) is 12.3 Å². The van der Waals surface area contributed by atoms with Crippen LogP contribution in [0, 0.1) is 39.9 Å². The van der Waals surface area contributed by atoms with Gasteiger partial charge in [0.1, 0.15) is 18.1 Å². The van der Waals surface area contributed by atoms with E-state index in [4.69, 9.17) is 12.3 Å². The highest BCUT2D eigenvalue weighted by molar-refractivity contribution is 5.95. The first-order chi connectivity index (χ1) is 19.7. The van der Waals surface area contributed by atoms with E-state index >= 15 is 0 Å². The number of nitrogens with zero attached hydrogens (tertiary/aromatic N) is 2. The summed E-state index contributed by atoms with van der Waals surface area (Å²) in [5.41, 5.74) is -4.90. The first-order valence-corrected chi connectivity index (χ1v) is 10.9. The van der Waals surface area contributed by atoms with Gasteiger partial charge in [-0.25, -0.2) is 0 Å². The summed E-state index contributed by atoms with van der Waals surface area (Å²) in [6, 6.07) is -4.37. The van der Waals surface area contributed by atoms with Crippen LogP contribution in [0.5, 0.6) is 0 Å². The first-order valence-electron chi connectivity index (χ1n) is 15.4. The molecule has 0 aromatic carbocycles. The Labute approximate surface area is 214 Å². The van der Waals surface area contributed by atoms with Gasteiger partial charge < -0.3 is 20.9 Å². The lowest BCUT2D eigenvalue weighted by molar-refractivity contribution is -0.176. The van der Waals surface area contributed by atoms with Crippen molar-refractivity contribution in [2.75, 3.05) is 13.1 Å². The maximum atomic E-state index is 14.1. The van der Waals surface area contributed by atoms with Gasteiger partial charge in [0.25, 0.3) is 0 Å². The Morgan fingerprint density at radius 3 is 2.46 bits per heavy atom. The number of amides is 4. The summed E-state index contributed by atoms with van der Waals surface area (Å²) in [4.78, 5) is 52.3. The number of nitriles is 1. The van der Waals surface area contributed by atoms with Crippen molar-refractivity contribution in [3.8, 4) is 6.07 Å². The number of carbonyl (C=O) groups excluding carboxylic acids is 4. The van der Waals surface area contributed by atoms with Gasteiger partial charge in [0.2, 0.25) is 17.7 Å². The van der Waals surface area contributed by atoms with Crippen LogP contribution in [0.3, 0.4) is 0 Å². The van der Waals surface area contributed by atoms with Gasteiger partial charge in [-0.05, 0) is 35.5 Å². The molecule has 194 valence electrons. The molecule has 3 N–H and O–H groups in total. The smallest absolute Gasteiger partial charge is 0.356 e. The molecule has 3 aliphatic rings. The summed E-state index contributed by atoms with van der Waals surface area (Å²) in [6.07, 6.45) is -5.53. The topological polar surface area (TPSA) is 131 Å². The van der Waals surface area contributed by atoms with Crippen molar-refractivity contribution in [1.82, 2.24) is 20.9 Å². The number of alkyl halides is 3. The number of carbonyl (C=O) groups is 4. The molecule has 2 aliphatic heterocycles. The molecule has 0 bridgehead atoms. The minimum absolute atomic E-state index is 0.114. The Morgan fingerprint density at radius 1 is 1.29 bits per heavy atom. The molecule has 12 heteroatoms. The monoisotopic (exact) mass is 508 g/mol. The quantitative estimate of drug-likeness (QED) is 0.495. The van der Waals surface area contributed by atoms with Crippen molar-refractivity contribution in [2.24, 2.45) is 28.6 Å². The van der Waals surface area contributed by atoms with Gasteiger partial charge in [0.05, 0.1) is 6.07 Å². The molecule has 1 saturated carbocycles. The molecule has 1 aliphatic carbocycles. The maximum absolute atomic E-state index is 14.1. The second-order valence-corrected chi connectivity index (χ2v) is 9.80. The molecular formula is C23H32F3N5O4. The summed E-state index contributed by atoms with van der Waals surface area (Å²) in [5.74, 6) is -8.00. The van der Waals surface area contributed by atoms with E-state index in [0.29, 0.717) is 17.9 Å². The summed E-state index contributed by atoms with van der Waals surface area (Å²) in [7, 11) is 0. The minimum atomic E-state index is -5.79. The van der Waals surface area contributed by atoms with Gasteiger partial charge in [-0.15, -0.1) is 0 Å². The number of piperidine rings is 1. The number of hydrogen-bond donors (Lipinski definition) is 3. The van der Waals surface area contributed by atoms with Crippen LogP contribution in [0.15, 0.2) is 0 Å². The summed E-state index contributed by atoms with van der Waals surface area (Å²) >= 11 is 0. The summed E-state index contributed by atoms with van der Waals surface area (Å²) in [6.45, 7) is -9.22. The third-order valence-electron chi connectivity index (χ3n) is 7.13.